The largest absolute Gasteiger partial charge is 0.488 e. The van der Waals surface area contributed by atoms with Crippen molar-refractivity contribution in [2.45, 2.75) is 26.0 Å². The Balaban J connectivity index is 1.52. The van der Waals surface area contributed by atoms with Crippen LogP contribution in [0.3, 0.4) is 0 Å². The summed E-state index contributed by atoms with van der Waals surface area (Å²) < 4.78 is 10.7. The minimum atomic E-state index is 0.216. The maximum Gasteiger partial charge on any atom is 0.124 e. The number of fused-ring (bicyclic) bond motifs is 1. The minimum Gasteiger partial charge on any atom is -0.488 e. The molecule has 0 saturated carbocycles. The highest BCUT2D eigenvalue weighted by Crippen LogP contribution is 2.29. The molecular formula is C14H16N2O2. The molecule has 94 valence electrons. The van der Waals surface area contributed by atoms with Crippen LogP contribution in [0.1, 0.15) is 16.8 Å². The predicted octanol–water partition coefficient (Wildman–Crippen LogP) is 2.08. The van der Waals surface area contributed by atoms with Crippen LogP contribution in [0.2, 0.25) is 0 Å². The van der Waals surface area contributed by atoms with Gasteiger partial charge in [-0.1, -0.05) is 22.9 Å². The maximum absolute atomic E-state index is 5.87. The molecule has 0 saturated heterocycles. The molecule has 1 aromatic heterocycles. The van der Waals surface area contributed by atoms with Gasteiger partial charge in [0.05, 0.1) is 5.69 Å². The van der Waals surface area contributed by atoms with Gasteiger partial charge >= 0.3 is 0 Å². The summed E-state index contributed by atoms with van der Waals surface area (Å²) in [5.41, 5.74) is 3.51. The number of aryl methyl sites for hydroxylation is 1. The van der Waals surface area contributed by atoms with Crippen molar-refractivity contribution in [3.8, 4) is 5.75 Å². The Labute approximate surface area is 106 Å². The Hall–Kier alpha value is -1.81. The van der Waals surface area contributed by atoms with Crippen LogP contribution in [0, 0.1) is 6.92 Å². The van der Waals surface area contributed by atoms with E-state index in [0.29, 0.717) is 6.54 Å². The second-order valence-electron chi connectivity index (χ2n) is 4.68. The van der Waals surface area contributed by atoms with Crippen LogP contribution >= 0.6 is 0 Å². The van der Waals surface area contributed by atoms with Crippen LogP contribution < -0.4 is 10.1 Å². The molecule has 4 heteroatoms. The fourth-order valence-electron chi connectivity index (χ4n) is 2.25. The number of aromatic nitrogens is 1. The fraction of sp³-hybridized carbons (Fsp3) is 0.357. The van der Waals surface area contributed by atoms with E-state index >= 15 is 0 Å². The van der Waals surface area contributed by atoms with Crippen LogP contribution in [0.4, 0.5) is 0 Å². The van der Waals surface area contributed by atoms with Gasteiger partial charge in [0.1, 0.15) is 18.1 Å². The summed E-state index contributed by atoms with van der Waals surface area (Å²) in [5.74, 6) is 1.02. The van der Waals surface area contributed by atoms with Crippen molar-refractivity contribution in [1.29, 1.82) is 0 Å². The topological polar surface area (TPSA) is 47.3 Å². The van der Waals surface area contributed by atoms with Gasteiger partial charge in [0, 0.05) is 25.6 Å². The molecule has 0 bridgehead atoms. The van der Waals surface area contributed by atoms with E-state index in [0.717, 1.165) is 24.4 Å². The molecule has 0 spiro atoms. The van der Waals surface area contributed by atoms with Gasteiger partial charge in [-0.2, -0.15) is 0 Å². The van der Waals surface area contributed by atoms with Gasteiger partial charge < -0.3 is 14.6 Å². The van der Waals surface area contributed by atoms with E-state index in [2.05, 4.69) is 35.6 Å². The smallest absolute Gasteiger partial charge is 0.124 e. The van der Waals surface area contributed by atoms with E-state index in [1.807, 2.05) is 6.07 Å². The van der Waals surface area contributed by atoms with Crippen LogP contribution in [0.15, 0.2) is 35.1 Å². The fourth-order valence-corrected chi connectivity index (χ4v) is 2.25. The van der Waals surface area contributed by atoms with Crippen molar-refractivity contribution < 1.29 is 9.26 Å². The number of hydrogen-bond donors (Lipinski definition) is 1. The third kappa shape index (κ3) is 2.38. The van der Waals surface area contributed by atoms with E-state index in [1.54, 1.807) is 6.26 Å². The van der Waals surface area contributed by atoms with Crippen LogP contribution in [0.5, 0.6) is 5.75 Å². The van der Waals surface area contributed by atoms with Crippen LogP contribution in [0.25, 0.3) is 0 Å². The van der Waals surface area contributed by atoms with Gasteiger partial charge in [-0.25, -0.2) is 0 Å². The normalized spacial score (nSPS) is 17.5. The molecular weight excluding hydrogens is 228 g/mol. The van der Waals surface area contributed by atoms with Crippen molar-refractivity contribution >= 4 is 0 Å². The molecule has 1 N–H and O–H groups in total. The van der Waals surface area contributed by atoms with E-state index in [9.17, 15) is 0 Å². The van der Waals surface area contributed by atoms with Gasteiger partial charge in [-0.3, -0.25) is 0 Å². The first-order valence-electron chi connectivity index (χ1n) is 6.17. The van der Waals surface area contributed by atoms with Gasteiger partial charge in [-0.05, 0) is 18.6 Å². The van der Waals surface area contributed by atoms with Crippen molar-refractivity contribution in [1.82, 2.24) is 10.5 Å². The lowest BCUT2D eigenvalue weighted by Crippen LogP contribution is -2.29. The highest BCUT2D eigenvalue weighted by molar-refractivity contribution is 5.40. The summed E-state index contributed by atoms with van der Waals surface area (Å²) in [6.07, 6.45) is 2.78. The first kappa shape index (κ1) is 11.3. The molecule has 1 aliphatic heterocycles. The number of benzene rings is 1. The molecule has 0 radical (unpaired) electrons. The Kier molecular flexibility index (Phi) is 3.02. The molecule has 18 heavy (non-hydrogen) atoms. The van der Waals surface area contributed by atoms with E-state index in [4.69, 9.17) is 9.26 Å². The minimum absolute atomic E-state index is 0.216. The Morgan fingerprint density at radius 1 is 1.39 bits per heavy atom. The lowest BCUT2D eigenvalue weighted by molar-refractivity contribution is 0.226. The number of rotatable bonds is 4. The summed E-state index contributed by atoms with van der Waals surface area (Å²) in [4.78, 5) is 0. The zero-order valence-electron chi connectivity index (χ0n) is 10.3. The predicted molar refractivity (Wildman–Crippen MR) is 67.5 cm³/mol. The molecule has 1 atom stereocenters. The third-order valence-corrected chi connectivity index (χ3v) is 3.13. The van der Waals surface area contributed by atoms with Crippen molar-refractivity contribution in [2.75, 3.05) is 6.54 Å². The first-order chi connectivity index (χ1) is 8.81. The van der Waals surface area contributed by atoms with E-state index in [-0.39, 0.29) is 6.10 Å². The standard InChI is InChI=1S/C14H16N2O2/c1-10-2-3-14-11(6-10)7-13(18-14)9-15-8-12-4-5-17-16-12/h2-6,13,15H,7-9H2,1H3. The molecule has 4 nitrogen and oxygen atoms in total. The lowest BCUT2D eigenvalue weighted by atomic mass is 10.1. The summed E-state index contributed by atoms with van der Waals surface area (Å²) in [7, 11) is 0. The summed E-state index contributed by atoms with van der Waals surface area (Å²) >= 11 is 0. The monoisotopic (exact) mass is 244 g/mol. The highest BCUT2D eigenvalue weighted by atomic mass is 16.5. The lowest BCUT2D eigenvalue weighted by Gasteiger charge is -2.10. The number of nitrogens with zero attached hydrogens (tertiary/aromatic N) is 1. The van der Waals surface area contributed by atoms with E-state index in [1.165, 1.54) is 11.1 Å². The Bertz CT molecular complexity index is 523. The number of hydrogen-bond acceptors (Lipinski definition) is 4. The molecule has 1 aromatic carbocycles. The summed E-state index contributed by atoms with van der Waals surface area (Å²) in [5, 5.41) is 7.18. The molecule has 3 rings (SSSR count). The zero-order chi connectivity index (χ0) is 12.4. The molecule has 0 amide bonds. The average molecular weight is 244 g/mol. The van der Waals surface area contributed by atoms with Gasteiger partial charge in [0.15, 0.2) is 0 Å². The molecule has 1 aliphatic rings. The Morgan fingerprint density at radius 3 is 3.17 bits per heavy atom. The second kappa shape index (κ2) is 4.82. The quantitative estimate of drug-likeness (QED) is 0.894. The highest BCUT2D eigenvalue weighted by Gasteiger charge is 2.22. The van der Waals surface area contributed by atoms with Gasteiger partial charge in [0.25, 0.3) is 0 Å². The Morgan fingerprint density at radius 2 is 2.33 bits per heavy atom. The molecule has 0 aliphatic carbocycles. The van der Waals surface area contributed by atoms with Gasteiger partial charge in [0.2, 0.25) is 0 Å². The number of ether oxygens (including phenoxy) is 1. The zero-order valence-corrected chi connectivity index (χ0v) is 10.3. The molecule has 1 unspecified atom stereocenters. The van der Waals surface area contributed by atoms with Gasteiger partial charge in [-0.15, -0.1) is 0 Å². The van der Waals surface area contributed by atoms with Crippen molar-refractivity contribution in [3.63, 3.8) is 0 Å². The molecule has 2 heterocycles. The average Bonchev–Trinajstić information content (AvgIpc) is 2.97. The summed E-state index contributed by atoms with van der Waals surface area (Å²) in [6, 6.07) is 8.21. The molecule has 0 fully saturated rings. The first-order valence-corrected chi connectivity index (χ1v) is 6.17. The van der Waals surface area contributed by atoms with Crippen molar-refractivity contribution in [3.05, 3.63) is 47.3 Å². The van der Waals surface area contributed by atoms with Crippen LogP contribution in [-0.2, 0) is 13.0 Å². The maximum atomic E-state index is 5.87. The van der Waals surface area contributed by atoms with Crippen LogP contribution in [-0.4, -0.2) is 17.8 Å². The summed E-state index contributed by atoms with van der Waals surface area (Å²) in [6.45, 7) is 3.64. The van der Waals surface area contributed by atoms with Crippen molar-refractivity contribution in [2.24, 2.45) is 0 Å². The van der Waals surface area contributed by atoms with E-state index < -0.39 is 0 Å². The SMILES string of the molecule is Cc1ccc2c(c1)CC(CNCc1ccon1)O2. The number of nitrogens with one attached hydrogen (secondary N) is 1. The molecule has 2 aromatic rings. The second-order valence-corrected chi connectivity index (χ2v) is 4.68. The third-order valence-electron chi connectivity index (χ3n) is 3.13.